The van der Waals surface area contributed by atoms with E-state index in [2.05, 4.69) is 18.3 Å². The number of nitrogens with one attached hydrogen (secondary N) is 1. The van der Waals surface area contributed by atoms with Crippen LogP contribution in [0.3, 0.4) is 0 Å². The van der Waals surface area contributed by atoms with Crippen LogP contribution in [-0.2, 0) is 17.6 Å². The van der Waals surface area contributed by atoms with Crippen LogP contribution in [0.1, 0.15) is 47.7 Å². The second-order valence-electron chi connectivity index (χ2n) is 5.95. The Hall–Kier alpha value is -2.93. The van der Waals surface area contributed by atoms with Gasteiger partial charge in [0.15, 0.2) is 5.78 Å². The molecule has 0 fully saturated rings. The summed E-state index contributed by atoms with van der Waals surface area (Å²) in [6.07, 6.45) is 2.76. The van der Waals surface area contributed by atoms with Crippen molar-refractivity contribution in [2.45, 2.75) is 39.0 Å². The first-order valence-electron chi connectivity index (χ1n) is 8.50. The number of rotatable bonds is 8. The maximum atomic E-state index is 12.2. The maximum absolute atomic E-state index is 12.2. The fourth-order valence-corrected chi connectivity index (χ4v) is 2.54. The largest absolute Gasteiger partial charge is 0.326 e. The molecule has 0 unspecified atom stereocenters. The van der Waals surface area contributed by atoms with Crippen LogP contribution in [-0.4, -0.2) is 11.7 Å². The van der Waals surface area contributed by atoms with Gasteiger partial charge in [-0.05, 0) is 29.7 Å². The van der Waals surface area contributed by atoms with Crippen molar-refractivity contribution in [3.63, 3.8) is 0 Å². The van der Waals surface area contributed by atoms with Gasteiger partial charge in [-0.2, -0.15) is 5.26 Å². The Kier molecular flexibility index (Phi) is 6.91. The van der Waals surface area contributed by atoms with Crippen molar-refractivity contribution in [2.24, 2.45) is 0 Å². The van der Waals surface area contributed by atoms with Crippen molar-refractivity contribution in [1.82, 2.24) is 0 Å². The zero-order valence-corrected chi connectivity index (χ0v) is 14.4. The maximum Gasteiger partial charge on any atom is 0.224 e. The third kappa shape index (κ3) is 5.89. The monoisotopic (exact) mass is 334 g/mol. The summed E-state index contributed by atoms with van der Waals surface area (Å²) in [5.74, 6) is -0.216. The normalized spacial score (nSPS) is 10.1. The number of anilines is 1. The van der Waals surface area contributed by atoms with E-state index >= 15 is 0 Å². The van der Waals surface area contributed by atoms with Crippen LogP contribution in [0.15, 0.2) is 48.5 Å². The van der Waals surface area contributed by atoms with Crippen molar-refractivity contribution in [3.05, 3.63) is 65.2 Å². The molecule has 25 heavy (non-hydrogen) atoms. The number of Topliss-reactive ketones (excluding diaryl/α,β-unsaturated/α-hetero) is 1. The summed E-state index contributed by atoms with van der Waals surface area (Å²) < 4.78 is 0. The lowest BCUT2D eigenvalue weighted by atomic mass is 10.0. The van der Waals surface area contributed by atoms with Crippen LogP contribution < -0.4 is 5.32 Å². The van der Waals surface area contributed by atoms with Gasteiger partial charge in [-0.1, -0.05) is 49.7 Å². The lowest BCUT2D eigenvalue weighted by Gasteiger charge is -2.06. The summed E-state index contributed by atoms with van der Waals surface area (Å²) in [5, 5.41) is 11.4. The first-order chi connectivity index (χ1) is 12.1. The van der Waals surface area contributed by atoms with Gasteiger partial charge in [-0.25, -0.2) is 0 Å². The number of amides is 1. The summed E-state index contributed by atoms with van der Waals surface area (Å²) in [7, 11) is 0. The van der Waals surface area contributed by atoms with Crippen molar-refractivity contribution in [2.75, 3.05) is 5.32 Å². The molecule has 0 aromatic heterocycles. The number of hydrogen-bond acceptors (Lipinski definition) is 3. The average molecular weight is 334 g/mol. The highest BCUT2D eigenvalue weighted by atomic mass is 16.2. The second kappa shape index (κ2) is 9.39. The number of carbonyl (C=O) groups is 2. The highest BCUT2D eigenvalue weighted by molar-refractivity contribution is 6.00. The molecule has 0 saturated heterocycles. The standard InChI is InChI=1S/C21H22N2O2/c1-2-3-16-4-8-18(9-5-16)20(24)12-13-21(25)23-19-10-6-17(7-11-19)14-15-22/h4-11H,2-3,12-14H2,1H3,(H,23,25). The number of aryl methyl sites for hydroxylation is 1. The van der Waals surface area contributed by atoms with E-state index in [4.69, 9.17) is 5.26 Å². The number of ketones is 1. The molecule has 0 radical (unpaired) electrons. The number of benzene rings is 2. The van der Waals surface area contributed by atoms with Crippen LogP contribution in [0.25, 0.3) is 0 Å². The van der Waals surface area contributed by atoms with Crippen molar-refractivity contribution < 1.29 is 9.59 Å². The Morgan fingerprint density at radius 1 is 0.960 bits per heavy atom. The molecule has 2 rings (SSSR count). The molecule has 1 amide bonds. The first-order valence-corrected chi connectivity index (χ1v) is 8.50. The Morgan fingerprint density at radius 3 is 2.20 bits per heavy atom. The minimum absolute atomic E-state index is 0.0254. The van der Waals surface area contributed by atoms with Crippen molar-refractivity contribution in [1.29, 1.82) is 5.26 Å². The minimum Gasteiger partial charge on any atom is -0.326 e. The van der Waals surface area contributed by atoms with Gasteiger partial charge < -0.3 is 5.32 Å². The van der Waals surface area contributed by atoms with E-state index in [1.54, 1.807) is 12.1 Å². The van der Waals surface area contributed by atoms with E-state index in [-0.39, 0.29) is 24.5 Å². The van der Waals surface area contributed by atoms with Crippen LogP contribution >= 0.6 is 0 Å². The average Bonchev–Trinajstić information content (AvgIpc) is 2.62. The fraction of sp³-hybridized carbons (Fsp3) is 0.286. The van der Waals surface area contributed by atoms with Gasteiger partial charge in [0.25, 0.3) is 0 Å². The van der Waals surface area contributed by atoms with Gasteiger partial charge in [0.05, 0.1) is 12.5 Å². The summed E-state index contributed by atoms with van der Waals surface area (Å²) in [6.45, 7) is 2.12. The first kappa shape index (κ1) is 18.4. The van der Waals surface area contributed by atoms with Crippen LogP contribution in [0.2, 0.25) is 0 Å². The zero-order chi connectivity index (χ0) is 18.1. The van der Waals surface area contributed by atoms with Gasteiger partial charge >= 0.3 is 0 Å². The molecule has 4 nitrogen and oxygen atoms in total. The molecule has 0 heterocycles. The quantitative estimate of drug-likeness (QED) is 0.731. The smallest absolute Gasteiger partial charge is 0.224 e. The van der Waals surface area contributed by atoms with Crippen LogP contribution in [0, 0.1) is 11.3 Å². The van der Waals surface area contributed by atoms with Crippen molar-refractivity contribution in [3.8, 4) is 6.07 Å². The Balaban J connectivity index is 1.82. The molecule has 0 atom stereocenters. The summed E-state index contributed by atoms with van der Waals surface area (Å²) in [6, 6.07) is 16.8. The molecule has 2 aromatic carbocycles. The molecule has 0 bridgehead atoms. The highest BCUT2D eigenvalue weighted by Gasteiger charge is 2.10. The predicted molar refractivity (Wildman–Crippen MR) is 98.4 cm³/mol. The lowest BCUT2D eigenvalue weighted by Crippen LogP contribution is -2.13. The van der Waals surface area contributed by atoms with Crippen LogP contribution in [0.5, 0.6) is 0 Å². The molecule has 2 aromatic rings. The Morgan fingerprint density at radius 2 is 1.60 bits per heavy atom. The lowest BCUT2D eigenvalue weighted by molar-refractivity contribution is -0.116. The minimum atomic E-state index is -0.191. The van der Waals surface area contributed by atoms with Crippen molar-refractivity contribution >= 4 is 17.4 Å². The van der Waals surface area contributed by atoms with E-state index in [1.165, 1.54) is 5.56 Å². The van der Waals surface area contributed by atoms with Gasteiger partial charge in [0.1, 0.15) is 0 Å². The third-order valence-corrected chi connectivity index (χ3v) is 3.91. The topological polar surface area (TPSA) is 70.0 Å². The molecule has 128 valence electrons. The van der Waals surface area contributed by atoms with E-state index in [0.29, 0.717) is 17.7 Å². The molecule has 0 spiro atoms. The van der Waals surface area contributed by atoms with E-state index in [1.807, 2.05) is 36.4 Å². The molecule has 0 aliphatic carbocycles. The summed E-state index contributed by atoms with van der Waals surface area (Å²) in [4.78, 5) is 24.2. The summed E-state index contributed by atoms with van der Waals surface area (Å²) >= 11 is 0. The molecule has 1 N–H and O–H groups in total. The number of nitriles is 1. The molecule has 4 heteroatoms. The second-order valence-corrected chi connectivity index (χ2v) is 5.95. The van der Waals surface area contributed by atoms with Gasteiger partial charge in [0.2, 0.25) is 5.91 Å². The summed E-state index contributed by atoms with van der Waals surface area (Å²) in [5.41, 5.74) is 3.44. The Labute approximate surface area is 148 Å². The number of nitrogens with zero attached hydrogens (tertiary/aromatic N) is 1. The molecule has 0 saturated carbocycles. The van der Waals surface area contributed by atoms with E-state index in [9.17, 15) is 9.59 Å². The number of hydrogen-bond donors (Lipinski definition) is 1. The Bertz CT molecular complexity index is 756. The van der Waals surface area contributed by atoms with Gasteiger partial charge in [-0.3, -0.25) is 9.59 Å². The SMILES string of the molecule is CCCc1ccc(C(=O)CCC(=O)Nc2ccc(CC#N)cc2)cc1. The third-order valence-electron chi connectivity index (χ3n) is 3.91. The van der Waals surface area contributed by atoms with E-state index in [0.717, 1.165) is 18.4 Å². The molecule has 0 aliphatic rings. The van der Waals surface area contributed by atoms with Gasteiger partial charge in [-0.15, -0.1) is 0 Å². The van der Waals surface area contributed by atoms with Gasteiger partial charge in [0, 0.05) is 24.1 Å². The molecule has 0 aliphatic heterocycles. The zero-order valence-electron chi connectivity index (χ0n) is 14.4. The van der Waals surface area contributed by atoms with Crippen LogP contribution in [0.4, 0.5) is 5.69 Å². The fourth-order valence-electron chi connectivity index (χ4n) is 2.54. The predicted octanol–water partition coefficient (Wildman–Crippen LogP) is 4.31. The van der Waals surface area contributed by atoms with E-state index < -0.39 is 0 Å². The molecular formula is C21H22N2O2. The highest BCUT2D eigenvalue weighted by Crippen LogP contribution is 2.12. The number of carbonyl (C=O) groups excluding carboxylic acids is 2. The molecular weight excluding hydrogens is 312 g/mol.